The molecule has 0 aliphatic heterocycles. The number of rotatable bonds is 8. The van der Waals surface area contributed by atoms with E-state index in [4.69, 9.17) is 14.7 Å². The van der Waals surface area contributed by atoms with Crippen LogP contribution in [0.25, 0.3) is 0 Å². The second-order valence-electron chi connectivity index (χ2n) is 5.94. The Kier molecular flexibility index (Phi) is 7.38. The molecule has 1 N–H and O–H groups in total. The van der Waals surface area contributed by atoms with Gasteiger partial charge in [-0.2, -0.15) is 5.26 Å². The third-order valence-corrected chi connectivity index (χ3v) is 3.98. The molecule has 0 aliphatic carbocycles. The molecule has 27 heavy (non-hydrogen) atoms. The van der Waals surface area contributed by atoms with E-state index in [0.717, 1.165) is 12.0 Å². The Bertz CT molecular complexity index is 825. The van der Waals surface area contributed by atoms with Crippen LogP contribution in [0.15, 0.2) is 48.5 Å². The van der Waals surface area contributed by atoms with Crippen molar-refractivity contribution in [1.82, 2.24) is 5.32 Å². The number of carbonyl (C=O) groups excluding carboxylic acids is 2. The monoisotopic (exact) mass is 366 g/mol. The Morgan fingerprint density at radius 3 is 2.48 bits per heavy atom. The quantitative estimate of drug-likeness (QED) is 0.726. The molecule has 1 amide bonds. The predicted molar refractivity (Wildman–Crippen MR) is 100.0 cm³/mol. The van der Waals surface area contributed by atoms with E-state index in [-0.39, 0.29) is 19.3 Å². The van der Waals surface area contributed by atoms with Crippen LogP contribution in [-0.4, -0.2) is 25.1 Å². The molecule has 6 heteroatoms. The summed E-state index contributed by atoms with van der Waals surface area (Å²) in [6, 6.07) is 16.3. The van der Waals surface area contributed by atoms with Gasteiger partial charge in [0.05, 0.1) is 11.6 Å². The number of benzene rings is 2. The van der Waals surface area contributed by atoms with E-state index in [1.54, 1.807) is 24.3 Å². The Morgan fingerprint density at radius 2 is 1.81 bits per heavy atom. The number of nitrogens with one attached hydrogen (secondary N) is 1. The molecule has 0 spiro atoms. The maximum atomic E-state index is 12.0. The van der Waals surface area contributed by atoms with Crippen molar-refractivity contribution in [2.75, 3.05) is 13.2 Å². The number of nitriles is 1. The zero-order valence-electron chi connectivity index (χ0n) is 15.4. The lowest BCUT2D eigenvalue weighted by Crippen LogP contribution is -2.32. The lowest BCUT2D eigenvalue weighted by atomic mass is 10.1. The molecule has 2 aromatic rings. The van der Waals surface area contributed by atoms with Crippen LogP contribution >= 0.6 is 0 Å². The van der Waals surface area contributed by atoms with Crippen molar-refractivity contribution in [3.05, 3.63) is 65.2 Å². The fraction of sp³-hybridized carbons (Fsp3) is 0.286. The minimum absolute atomic E-state index is 0.194. The van der Waals surface area contributed by atoms with Crippen LogP contribution in [0.2, 0.25) is 0 Å². The van der Waals surface area contributed by atoms with E-state index >= 15 is 0 Å². The first-order chi connectivity index (χ1) is 13.0. The maximum Gasteiger partial charge on any atom is 0.344 e. The van der Waals surface area contributed by atoms with Crippen LogP contribution in [0, 0.1) is 11.3 Å². The highest BCUT2D eigenvalue weighted by Crippen LogP contribution is 2.16. The Balaban J connectivity index is 1.75. The second-order valence-corrected chi connectivity index (χ2v) is 5.94. The highest BCUT2D eigenvalue weighted by Gasteiger charge is 2.13. The van der Waals surface area contributed by atoms with Crippen LogP contribution in [0.1, 0.15) is 36.6 Å². The number of nitrogens with zero attached hydrogens (tertiary/aromatic N) is 1. The average molecular weight is 366 g/mol. The zero-order valence-corrected chi connectivity index (χ0v) is 15.4. The molecule has 0 aliphatic rings. The van der Waals surface area contributed by atoms with Gasteiger partial charge >= 0.3 is 5.97 Å². The molecule has 140 valence electrons. The van der Waals surface area contributed by atoms with Gasteiger partial charge in [-0.3, -0.25) is 4.79 Å². The van der Waals surface area contributed by atoms with E-state index in [2.05, 4.69) is 12.2 Å². The van der Waals surface area contributed by atoms with Crippen molar-refractivity contribution < 1.29 is 19.1 Å². The second kappa shape index (κ2) is 9.97. The number of amides is 1. The zero-order chi connectivity index (χ0) is 19.6. The van der Waals surface area contributed by atoms with Crippen molar-refractivity contribution >= 4 is 11.9 Å². The first-order valence-electron chi connectivity index (χ1n) is 8.69. The summed E-state index contributed by atoms with van der Waals surface area (Å²) in [6.45, 7) is 3.18. The normalized spacial score (nSPS) is 11.1. The molecule has 0 aromatic heterocycles. The molecule has 1 atom stereocenters. The number of para-hydroxylation sites is 1. The Labute approximate surface area is 158 Å². The number of hydrogen-bond donors (Lipinski definition) is 1. The lowest BCUT2D eigenvalue weighted by molar-refractivity contribution is -0.150. The Hall–Kier alpha value is -3.33. The first-order valence-corrected chi connectivity index (χ1v) is 8.69. The minimum Gasteiger partial charge on any atom is -0.481 e. The number of aryl methyl sites for hydroxylation is 1. The summed E-state index contributed by atoms with van der Waals surface area (Å²) in [5, 5.41) is 11.7. The van der Waals surface area contributed by atoms with Gasteiger partial charge in [-0.1, -0.05) is 43.3 Å². The van der Waals surface area contributed by atoms with Gasteiger partial charge in [-0.05, 0) is 36.6 Å². The molecular formula is C21H22N2O4. The summed E-state index contributed by atoms with van der Waals surface area (Å²) in [5.41, 5.74) is 2.53. The van der Waals surface area contributed by atoms with Crippen molar-refractivity contribution in [2.24, 2.45) is 0 Å². The van der Waals surface area contributed by atoms with Crippen molar-refractivity contribution in [1.29, 1.82) is 5.26 Å². The molecule has 0 unspecified atom stereocenters. The molecule has 0 saturated carbocycles. The molecule has 2 rings (SSSR count). The number of hydrogen-bond acceptors (Lipinski definition) is 5. The van der Waals surface area contributed by atoms with Gasteiger partial charge in [0.1, 0.15) is 11.8 Å². The van der Waals surface area contributed by atoms with Crippen molar-refractivity contribution in [2.45, 2.75) is 26.3 Å². The van der Waals surface area contributed by atoms with Gasteiger partial charge in [0, 0.05) is 0 Å². The molecule has 0 radical (unpaired) electrons. The van der Waals surface area contributed by atoms with Crippen LogP contribution < -0.4 is 10.1 Å². The molecule has 0 fully saturated rings. The summed E-state index contributed by atoms with van der Waals surface area (Å²) < 4.78 is 10.2. The summed E-state index contributed by atoms with van der Waals surface area (Å²) in [7, 11) is 0. The highest BCUT2D eigenvalue weighted by molar-refractivity contribution is 5.81. The smallest absolute Gasteiger partial charge is 0.344 e. The largest absolute Gasteiger partial charge is 0.481 e. The van der Waals surface area contributed by atoms with Crippen LogP contribution in [0.3, 0.4) is 0 Å². The highest BCUT2D eigenvalue weighted by atomic mass is 16.6. The first kappa shape index (κ1) is 20.0. The molecule has 6 nitrogen and oxygen atoms in total. The van der Waals surface area contributed by atoms with Gasteiger partial charge < -0.3 is 14.8 Å². The third-order valence-electron chi connectivity index (χ3n) is 3.98. The number of ether oxygens (including phenoxy) is 2. The molecule has 0 bridgehead atoms. The summed E-state index contributed by atoms with van der Waals surface area (Å²) >= 11 is 0. The van der Waals surface area contributed by atoms with Crippen molar-refractivity contribution in [3.63, 3.8) is 0 Å². The maximum absolute atomic E-state index is 12.0. The van der Waals surface area contributed by atoms with Gasteiger partial charge in [0.2, 0.25) is 0 Å². The van der Waals surface area contributed by atoms with E-state index < -0.39 is 11.9 Å². The summed E-state index contributed by atoms with van der Waals surface area (Å²) in [5.74, 6) is -0.781. The average Bonchev–Trinajstić information content (AvgIpc) is 2.70. The fourth-order valence-corrected chi connectivity index (χ4v) is 2.42. The minimum atomic E-state index is -0.683. The molecule has 2 aromatic carbocycles. The van der Waals surface area contributed by atoms with Gasteiger partial charge in [0.15, 0.2) is 13.2 Å². The van der Waals surface area contributed by atoms with E-state index in [0.29, 0.717) is 11.3 Å². The van der Waals surface area contributed by atoms with Gasteiger partial charge in [-0.25, -0.2) is 4.79 Å². The third kappa shape index (κ3) is 6.15. The molecular weight excluding hydrogens is 344 g/mol. The summed E-state index contributed by atoms with van der Waals surface area (Å²) in [6.07, 6.45) is 0.956. The van der Waals surface area contributed by atoms with Gasteiger partial charge in [0.25, 0.3) is 5.91 Å². The molecule has 0 saturated heterocycles. The lowest BCUT2D eigenvalue weighted by Gasteiger charge is -2.15. The fourth-order valence-electron chi connectivity index (χ4n) is 2.42. The number of esters is 1. The van der Waals surface area contributed by atoms with Crippen LogP contribution in [0.4, 0.5) is 0 Å². The number of carbonyl (C=O) groups is 2. The summed E-state index contributed by atoms with van der Waals surface area (Å²) in [4.78, 5) is 23.7. The predicted octanol–water partition coefficient (Wildman–Crippen LogP) is 2.92. The topological polar surface area (TPSA) is 88.4 Å². The van der Waals surface area contributed by atoms with E-state index in [1.807, 2.05) is 37.3 Å². The Morgan fingerprint density at radius 1 is 1.11 bits per heavy atom. The van der Waals surface area contributed by atoms with E-state index in [1.165, 1.54) is 5.56 Å². The molecule has 0 heterocycles. The SMILES string of the molecule is CCc1ccc([C@H](C)NC(=O)COC(=O)COc2ccccc2C#N)cc1. The van der Waals surface area contributed by atoms with Crippen molar-refractivity contribution in [3.8, 4) is 11.8 Å². The van der Waals surface area contributed by atoms with E-state index in [9.17, 15) is 9.59 Å². The van der Waals surface area contributed by atoms with Crippen LogP contribution in [0.5, 0.6) is 5.75 Å². The van der Waals surface area contributed by atoms with Crippen LogP contribution in [-0.2, 0) is 20.7 Å². The standard InChI is InChI=1S/C21H22N2O4/c1-3-16-8-10-17(11-9-16)15(2)23-20(24)13-27-21(25)14-26-19-7-5-4-6-18(19)12-22/h4-11,15H,3,13-14H2,1-2H3,(H,23,24)/t15-/m0/s1. The van der Waals surface area contributed by atoms with Gasteiger partial charge in [-0.15, -0.1) is 0 Å².